The Bertz CT molecular complexity index is 580. The molecule has 1 aliphatic rings. The number of rotatable bonds is 11. The second-order valence-corrected chi connectivity index (χ2v) is 6.11. The number of carbonyl (C=O) groups excluding carboxylic acids is 1. The molecular formula is C18H30O6. The summed E-state index contributed by atoms with van der Waals surface area (Å²) >= 11 is 0. The summed E-state index contributed by atoms with van der Waals surface area (Å²) in [5.41, 5.74) is 0. The Hall–Kier alpha value is -1.24. The maximum atomic E-state index is 11.9. The molecule has 0 aromatic heterocycles. The maximum Gasteiger partial charge on any atom is 0.303 e. The van der Waals surface area contributed by atoms with Crippen molar-refractivity contribution in [3.63, 3.8) is 0 Å². The average Bonchev–Trinajstić information content (AvgIpc) is 2.83. The molecule has 0 aromatic rings. The van der Waals surface area contributed by atoms with Gasteiger partial charge in [-0.15, -0.1) is 0 Å². The van der Waals surface area contributed by atoms with Crippen LogP contribution in [0, 0.1) is 11.8 Å². The number of aliphatic hydroxyl groups is 3. The molecule has 6 nitrogen and oxygen atoms in total. The van der Waals surface area contributed by atoms with Gasteiger partial charge < -0.3 is 20.4 Å². The van der Waals surface area contributed by atoms with E-state index in [1.165, 1.54) is 19.1 Å². The number of ketones is 1. The molecule has 1 fully saturated rings. The van der Waals surface area contributed by atoms with Gasteiger partial charge in [0.05, 0.1) is 24.7 Å². The fourth-order valence-corrected chi connectivity index (χ4v) is 2.90. The molecule has 0 amide bonds. The first-order chi connectivity index (χ1) is 12.8. The molecule has 1 aliphatic carbocycles. The van der Waals surface area contributed by atoms with E-state index in [-0.39, 0.29) is 37.9 Å². The van der Waals surface area contributed by atoms with Crippen molar-refractivity contribution in [3.05, 3.63) is 12.2 Å². The van der Waals surface area contributed by atoms with Gasteiger partial charge in [0.25, 0.3) is 0 Å². The van der Waals surface area contributed by atoms with Crippen LogP contribution < -0.4 is 0 Å². The van der Waals surface area contributed by atoms with Crippen molar-refractivity contribution in [1.29, 1.82) is 0 Å². The van der Waals surface area contributed by atoms with Crippen LogP contribution in [-0.4, -0.2) is 50.5 Å². The SMILES string of the molecule is [2H]C([2H])(CC)C([2H])([2H])C[C@@H](O)/C=C/[C@H]1[C@H](CC(=O)CCC(=O)O)[C@H](O)C[C@@H]1O. The summed E-state index contributed by atoms with van der Waals surface area (Å²) in [6.45, 7) is 1.52. The van der Waals surface area contributed by atoms with Crippen LogP contribution in [0.2, 0.25) is 0 Å². The molecule has 0 saturated heterocycles. The van der Waals surface area contributed by atoms with Crippen molar-refractivity contribution < 1.29 is 35.5 Å². The van der Waals surface area contributed by atoms with Gasteiger partial charge in [-0.2, -0.15) is 0 Å². The van der Waals surface area contributed by atoms with Crippen LogP contribution in [0.4, 0.5) is 0 Å². The molecule has 0 spiro atoms. The van der Waals surface area contributed by atoms with E-state index in [2.05, 4.69) is 0 Å². The fraction of sp³-hybridized carbons (Fsp3) is 0.778. The number of carboxylic acid groups (broad SMARTS) is 1. The monoisotopic (exact) mass is 346 g/mol. The topological polar surface area (TPSA) is 115 Å². The van der Waals surface area contributed by atoms with Crippen molar-refractivity contribution in [2.24, 2.45) is 11.8 Å². The molecule has 0 heterocycles. The molecule has 1 rings (SSSR count). The first kappa shape index (κ1) is 15.0. The highest BCUT2D eigenvalue weighted by atomic mass is 16.4. The van der Waals surface area contributed by atoms with Gasteiger partial charge in [-0.25, -0.2) is 0 Å². The largest absolute Gasteiger partial charge is 0.481 e. The number of hydrogen-bond donors (Lipinski definition) is 4. The molecular weight excluding hydrogens is 312 g/mol. The molecule has 138 valence electrons. The minimum Gasteiger partial charge on any atom is -0.481 e. The Morgan fingerprint density at radius 1 is 1.25 bits per heavy atom. The number of hydrogen-bond acceptors (Lipinski definition) is 5. The standard InChI is InChI=1S/C18H30O6/c1-2-3-4-5-12(19)6-8-14-15(17(22)11-16(14)21)10-13(20)7-9-18(23)24/h6,8,12,14-17,19,21-22H,2-5,7,9-11H2,1H3,(H,23,24)/b8-6+/t12-,14+,15+,16+,17-/m1/s1/i3D2,4D2. The zero-order valence-corrected chi connectivity index (χ0v) is 13.9. The molecule has 0 bridgehead atoms. The second kappa shape index (κ2) is 10.6. The number of aliphatic hydroxyl groups excluding tert-OH is 3. The summed E-state index contributed by atoms with van der Waals surface area (Å²) in [5.74, 6) is -2.71. The number of carbonyl (C=O) groups is 2. The van der Waals surface area contributed by atoms with Crippen molar-refractivity contribution in [2.75, 3.05) is 0 Å². The molecule has 0 aliphatic heterocycles. The quantitative estimate of drug-likeness (QED) is 0.423. The molecule has 0 unspecified atom stereocenters. The fourth-order valence-electron chi connectivity index (χ4n) is 2.90. The summed E-state index contributed by atoms with van der Waals surface area (Å²) in [4.78, 5) is 22.5. The Labute approximate surface area is 148 Å². The van der Waals surface area contributed by atoms with Crippen molar-refractivity contribution in [1.82, 2.24) is 0 Å². The van der Waals surface area contributed by atoms with Gasteiger partial charge in [0.1, 0.15) is 5.78 Å². The highest BCUT2D eigenvalue weighted by Gasteiger charge is 2.41. The van der Waals surface area contributed by atoms with Gasteiger partial charge in [0.2, 0.25) is 0 Å². The second-order valence-electron chi connectivity index (χ2n) is 6.11. The van der Waals surface area contributed by atoms with Gasteiger partial charge in [0.15, 0.2) is 0 Å². The highest BCUT2D eigenvalue weighted by Crippen LogP contribution is 2.36. The summed E-state index contributed by atoms with van der Waals surface area (Å²) in [6, 6.07) is 0. The molecule has 4 N–H and O–H groups in total. The van der Waals surface area contributed by atoms with Gasteiger partial charge in [-0.1, -0.05) is 38.2 Å². The molecule has 6 heteroatoms. The smallest absolute Gasteiger partial charge is 0.303 e. The van der Waals surface area contributed by atoms with Crippen LogP contribution >= 0.6 is 0 Å². The van der Waals surface area contributed by atoms with E-state index in [4.69, 9.17) is 10.6 Å². The van der Waals surface area contributed by atoms with Crippen LogP contribution in [-0.2, 0) is 9.59 Å². The lowest BCUT2D eigenvalue weighted by Gasteiger charge is -2.20. The van der Waals surface area contributed by atoms with Crippen molar-refractivity contribution in [3.8, 4) is 0 Å². The zero-order chi connectivity index (χ0) is 21.7. The Morgan fingerprint density at radius 2 is 1.96 bits per heavy atom. The third-order valence-corrected chi connectivity index (χ3v) is 4.17. The van der Waals surface area contributed by atoms with Crippen LogP contribution in [0.15, 0.2) is 12.2 Å². The number of carboxylic acids is 1. The van der Waals surface area contributed by atoms with E-state index in [1.807, 2.05) is 0 Å². The average molecular weight is 346 g/mol. The van der Waals surface area contributed by atoms with E-state index < -0.39 is 55.3 Å². The van der Waals surface area contributed by atoms with Crippen LogP contribution in [0.1, 0.15) is 63.7 Å². The third kappa shape index (κ3) is 7.11. The number of Topliss-reactive ketones (excluding diaryl/α,β-unsaturated/α-hetero) is 1. The first-order valence-corrected chi connectivity index (χ1v) is 8.26. The first-order valence-electron chi connectivity index (χ1n) is 10.3. The number of aliphatic carboxylic acids is 1. The predicted octanol–water partition coefficient (Wildman–Crippen LogP) is 1.67. The molecule has 5 atom stereocenters. The molecule has 0 radical (unpaired) electrons. The lowest BCUT2D eigenvalue weighted by atomic mass is 9.87. The summed E-state index contributed by atoms with van der Waals surface area (Å²) in [6.07, 6.45) is -5.94. The lowest BCUT2D eigenvalue weighted by Crippen LogP contribution is -2.24. The van der Waals surface area contributed by atoms with Gasteiger partial charge >= 0.3 is 5.97 Å². The van der Waals surface area contributed by atoms with E-state index in [0.717, 1.165) is 0 Å². The van der Waals surface area contributed by atoms with Gasteiger partial charge in [-0.3, -0.25) is 9.59 Å². The van der Waals surface area contributed by atoms with E-state index in [0.29, 0.717) is 0 Å². The minimum absolute atomic E-state index is 0.0428. The van der Waals surface area contributed by atoms with Crippen LogP contribution in [0.25, 0.3) is 0 Å². The summed E-state index contributed by atoms with van der Waals surface area (Å²) < 4.78 is 31.1. The van der Waals surface area contributed by atoms with E-state index in [1.54, 1.807) is 0 Å². The van der Waals surface area contributed by atoms with Gasteiger partial charge in [-0.05, 0) is 6.42 Å². The van der Waals surface area contributed by atoms with E-state index >= 15 is 0 Å². The minimum atomic E-state index is -2.26. The summed E-state index contributed by atoms with van der Waals surface area (Å²) in [5, 5.41) is 39.0. The lowest BCUT2D eigenvalue weighted by molar-refractivity contribution is -0.138. The Balaban J connectivity index is 2.77. The Morgan fingerprint density at radius 3 is 2.58 bits per heavy atom. The van der Waals surface area contributed by atoms with Crippen LogP contribution in [0.3, 0.4) is 0 Å². The van der Waals surface area contributed by atoms with Gasteiger partial charge in [0, 0.05) is 36.6 Å². The molecule has 1 saturated carbocycles. The molecule has 0 aromatic carbocycles. The predicted molar refractivity (Wildman–Crippen MR) is 89.4 cm³/mol. The van der Waals surface area contributed by atoms with Crippen LogP contribution in [0.5, 0.6) is 0 Å². The maximum absolute atomic E-state index is 11.9. The zero-order valence-electron chi connectivity index (χ0n) is 17.9. The molecule has 24 heavy (non-hydrogen) atoms. The summed E-state index contributed by atoms with van der Waals surface area (Å²) in [7, 11) is 0. The third-order valence-electron chi connectivity index (χ3n) is 4.17. The van der Waals surface area contributed by atoms with Crippen molar-refractivity contribution >= 4 is 11.8 Å². The van der Waals surface area contributed by atoms with Crippen molar-refractivity contribution in [2.45, 2.75) is 76.5 Å². The normalized spacial score (nSPS) is 32.0. The highest BCUT2D eigenvalue weighted by molar-refractivity contribution is 5.82. The Kier molecular flexibility index (Phi) is 6.64. The van der Waals surface area contributed by atoms with E-state index in [9.17, 15) is 24.9 Å².